The van der Waals surface area contributed by atoms with Gasteiger partial charge in [0.05, 0.1) is 7.11 Å². The lowest BCUT2D eigenvalue weighted by molar-refractivity contribution is 0.402. The van der Waals surface area contributed by atoms with E-state index < -0.39 is 10.0 Å². The number of hydrogen-bond donors (Lipinski definition) is 2. The first-order valence-electron chi connectivity index (χ1n) is 6.09. The van der Waals surface area contributed by atoms with Gasteiger partial charge in [-0.2, -0.15) is 0 Å². The summed E-state index contributed by atoms with van der Waals surface area (Å²) in [6.07, 6.45) is 2.06. The summed E-state index contributed by atoms with van der Waals surface area (Å²) in [6, 6.07) is 4.73. The van der Waals surface area contributed by atoms with Crippen molar-refractivity contribution in [3.63, 3.8) is 0 Å². The quantitative estimate of drug-likeness (QED) is 0.857. The highest BCUT2D eigenvalue weighted by Gasteiger charge is 2.22. The third-order valence-corrected chi connectivity index (χ3v) is 4.78. The van der Waals surface area contributed by atoms with Crippen LogP contribution < -0.4 is 14.8 Å². The molecule has 8 heteroatoms. The van der Waals surface area contributed by atoms with Gasteiger partial charge < -0.3 is 10.1 Å². The third kappa shape index (κ3) is 4.23. The number of methoxy groups -OCH3 is 1. The van der Waals surface area contributed by atoms with Crippen LogP contribution in [0.25, 0.3) is 0 Å². The Morgan fingerprint density at radius 2 is 2.25 bits per heavy atom. The van der Waals surface area contributed by atoms with E-state index in [9.17, 15) is 8.42 Å². The van der Waals surface area contributed by atoms with Crippen molar-refractivity contribution in [2.24, 2.45) is 0 Å². The normalized spacial score (nSPS) is 18.6. The molecule has 1 unspecified atom stereocenters. The maximum Gasteiger partial charge on any atom is 0.244 e. The van der Waals surface area contributed by atoms with Crippen molar-refractivity contribution in [3.05, 3.63) is 23.2 Å². The number of rotatable bonds is 5. The van der Waals surface area contributed by atoms with Crippen LogP contribution in [-0.4, -0.2) is 34.7 Å². The number of sulfonamides is 1. The van der Waals surface area contributed by atoms with E-state index in [1.165, 1.54) is 13.2 Å². The molecule has 2 rings (SSSR count). The molecule has 1 fully saturated rings. The zero-order valence-electron chi connectivity index (χ0n) is 11.1. The monoisotopic (exact) mass is 340 g/mol. The highest BCUT2D eigenvalue weighted by Crippen LogP contribution is 2.26. The van der Waals surface area contributed by atoms with Crippen molar-refractivity contribution in [2.75, 3.05) is 20.2 Å². The Balaban J connectivity index is 0.00000200. The van der Waals surface area contributed by atoms with E-state index in [1.807, 2.05) is 0 Å². The van der Waals surface area contributed by atoms with E-state index in [1.54, 1.807) is 12.1 Å². The molecule has 2 N–H and O–H groups in total. The van der Waals surface area contributed by atoms with Crippen molar-refractivity contribution in [1.82, 2.24) is 10.0 Å². The van der Waals surface area contributed by atoms with Crippen molar-refractivity contribution in [3.8, 4) is 5.75 Å². The van der Waals surface area contributed by atoms with Gasteiger partial charge in [-0.15, -0.1) is 12.4 Å². The minimum atomic E-state index is -3.61. The molecule has 1 aliphatic rings. The minimum Gasteiger partial charge on any atom is -0.495 e. The van der Waals surface area contributed by atoms with Crippen LogP contribution in [-0.2, 0) is 10.0 Å². The van der Waals surface area contributed by atoms with E-state index in [0.29, 0.717) is 11.6 Å². The summed E-state index contributed by atoms with van der Waals surface area (Å²) in [5.41, 5.74) is 0. The number of ether oxygens (including phenoxy) is 1. The molecule has 0 saturated carbocycles. The van der Waals surface area contributed by atoms with Gasteiger partial charge in [0.1, 0.15) is 10.6 Å². The van der Waals surface area contributed by atoms with Gasteiger partial charge >= 0.3 is 0 Å². The van der Waals surface area contributed by atoms with Crippen molar-refractivity contribution >= 4 is 34.0 Å². The van der Waals surface area contributed by atoms with Crippen LogP contribution in [0.3, 0.4) is 0 Å². The second-order valence-electron chi connectivity index (χ2n) is 4.44. The average Bonchev–Trinajstić information content (AvgIpc) is 2.89. The van der Waals surface area contributed by atoms with Gasteiger partial charge in [-0.1, -0.05) is 11.6 Å². The van der Waals surface area contributed by atoms with E-state index >= 15 is 0 Å². The van der Waals surface area contributed by atoms with Gasteiger partial charge in [-0.25, -0.2) is 13.1 Å². The molecule has 0 bridgehead atoms. The van der Waals surface area contributed by atoms with Crippen molar-refractivity contribution in [2.45, 2.75) is 23.8 Å². The molecule has 0 spiro atoms. The SMILES string of the molecule is COc1ccc(Cl)cc1S(=O)(=O)NCC1CCCN1.Cl. The van der Waals surface area contributed by atoms with E-state index in [4.69, 9.17) is 16.3 Å². The molecule has 0 aliphatic carbocycles. The Kier molecular flexibility index (Phi) is 6.54. The zero-order chi connectivity index (χ0) is 13.9. The Labute approximate surface area is 130 Å². The predicted octanol–water partition coefficient (Wildman–Crippen LogP) is 1.80. The number of benzene rings is 1. The molecule has 1 aliphatic heterocycles. The van der Waals surface area contributed by atoms with Gasteiger partial charge in [-0.3, -0.25) is 0 Å². The minimum absolute atomic E-state index is 0. The summed E-state index contributed by atoms with van der Waals surface area (Å²) in [7, 11) is -2.18. The van der Waals surface area contributed by atoms with Crippen LogP contribution >= 0.6 is 24.0 Å². The predicted molar refractivity (Wildman–Crippen MR) is 81.5 cm³/mol. The molecule has 0 radical (unpaired) electrons. The highest BCUT2D eigenvalue weighted by molar-refractivity contribution is 7.89. The first-order valence-corrected chi connectivity index (χ1v) is 7.95. The van der Waals surface area contributed by atoms with Crippen molar-refractivity contribution in [1.29, 1.82) is 0 Å². The summed E-state index contributed by atoms with van der Waals surface area (Å²) in [6.45, 7) is 1.31. The Bertz CT molecular complexity index is 546. The first kappa shape index (κ1) is 17.5. The molecule has 1 heterocycles. The van der Waals surface area contributed by atoms with Crippen LogP contribution in [0, 0.1) is 0 Å². The van der Waals surface area contributed by atoms with Crippen LogP contribution in [0.15, 0.2) is 23.1 Å². The second-order valence-corrected chi connectivity index (χ2v) is 6.61. The smallest absolute Gasteiger partial charge is 0.244 e. The fraction of sp³-hybridized carbons (Fsp3) is 0.500. The summed E-state index contributed by atoms with van der Waals surface area (Å²) < 4.78 is 32.1. The number of nitrogens with one attached hydrogen (secondary N) is 2. The largest absolute Gasteiger partial charge is 0.495 e. The Morgan fingerprint density at radius 3 is 2.85 bits per heavy atom. The van der Waals surface area contributed by atoms with Gasteiger partial charge in [0, 0.05) is 17.6 Å². The molecule has 1 saturated heterocycles. The molecule has 5 nitrogen and oxygen atoms in total. The number of hydrogen-bond acceptors (Lipinski definition) is 4. The lowest BCUT2D eigenvalue weighted by atomic mass is 10.2. The standard InChI is InChI=1S/C12H17ClN2O3S.ClH/c1-18-11-5-4-9(13)7-12(11)19(16,17)15-8-10-3-2-6-14-10;/h4-5,7,10,14-15H,2-3,6,8H2,1H3;1H. The fourth-order valence-corrected chi connectivity index (χ4v) is 3.59. The Hall–Kier alpha value is -0.530. The molecule has 114 valence electrons. The number of halogens is 2. The summed E-state index contributed by atoms with van der Waals surface area (Å²) in [5.74, 6) is 0.288. The Morgan fingerprint density at radius 1 is 1.50 bits per heavy atom. The maximum atomic E-state index is 12.2. The summed E-state index contributed by atoms with van der Waals surface area (Å²) in [5, 5.41) is 3.60. The summed E-state index contributed by atoms with van der Waals surface area (Å²) >= 11 is 5.85. The van der Waals surface area contributed by atoms with Gasteiger partial charge in [0.2, 0.25) is 10.0 Å². The lowest BCUT2D eigenvalue weighted by Gasteiger charge is -2.14. The maximum absolute atomic E-state index is 12.2. The molecule has 1 atom stereocenters. The third-order valence-electron chi connectivity index (χ3n) is 3.10. The van der Waals surface area contributed by atoms with Crippen LogP contribution in [0.2, 0.25) is 5.02 Å². The average molecular weight is 341 g/mol. The topological polar surface area (TPSA) is 67.4 Å². The molecular formula is C12H18Cl2N2O3S. The van der Waals surface area contributed by atoms with E-state index in [0.717, 1.165) is 19.4 Å². The second kappa shape index (κ2) is 7.47. The summed E-state index contributed by atoms with van der Waals surface area (Å²) in [4.78, 5) is 0.0699. The van der Waals surface area contributed by atoms with Gasteiger partial charge in [0.25, 0.3) is 0 Å². The molecule has 1 aromatic carbocycles. The lowest BCUT2D eigenvalue weighted by Crippen LogP contribution is -2.37. The molecule has 1 aromatic rings. The van der Waals surface area contributed by atoms with Gasteiger partial charge in [-0.05, 0) is 37.6 Å². The van der Waals surface area contributed by atoms with Gasteiger partial charge in [0.15, 0.2) is 0 Å². The molecule has 20 heavy (non-hydrogen) atoms. The first-order chi connectivity index (χ1) is 9.03. The highest BCUT2D eigenvalue weighted by atomic mass is 35.5. The van der Waals surface area contributed by atoms with Crippen LogP contribution in [0.5, 0.6) is 5.75 Å². The van der Waals surface area contributed by atoms with Crippen LogP contribution in [0.1, 0.15) is 12.8 Å². The van der Waals surface area contributed by atoms with E-state index in [2.05, 4.69) is 10.0 Å². The fourth-order valence-electron chi connectivity index (χ4n) is 2.08. The van der Waals surface area contributed by atoms with E-state index in [-0.39, 0.29) is 29.1 Å². The van der Waals surface area contributed by atoms with Crippen LogP contribution in [0.4, 0.5) is 0 Å². The molecule has 0 amide bonds. The zero-order valence-corrected chi connectivity index (χ0v) is 13.4. The molecular weight excluding hydrogens is 323 g/mol. The van der Waals surface area contributed by atoms with Crippen molar-refractivity contribution < 1.29 is 13.2 Å². The molecule has 0 aromatic heterocycles.